The molecule has 0 N–H and O–H groups in total. The van der Waals surface area contributed by atoms with Crippen molar-refractivity contribution in [2.75, 3.05) is 6.61 Å². The molecule has 2 rings (SSSR count). The number of carbonyl (C=O) groups is 2. The SMILES string of the molecule is CCCCCCCCCCCCOC(=O)c1cccc(C(=O)OCc2c(F)c(F)c(F)c(F)c2F)c1. The summed E-state index contributed by atoms with van der Waals surface area (Å²) in [5, 5.41) is 0. The third-order valence-electron chi connectivity index (χ3n) is 5.71. The third-order valence-corrected chi connectivity index (χ3v) is 5.71. The van der Waals surface area contributed by atoms with E-state index in [-0.39, 0.29) is 17.7 Å². The maximum atomic E-state index is 13.7. The van der Waals surface area contributed by atoms with Gasteiger partial charge in [-0.15, -0.1) is 0 Å². The van der Waals surface area contributed by atoms with Crippen LogP contribution in [0.5, 0.6) is 0 Å². The highest BCUT2D eigenvalue weighted by molar-refractivity contribution is 5.95. The standard InChI is InChI=1S/C27H31F5O4/c1-2-3-4-5-6-7-8-9-10-11-15-35-26(33)18-13-12-14-19(16-18)27(34)36-17-20-21(28)23(30)25(32)24(31)22(20)29/h12-14,16H,2-11,15,17H2,1H3. The van der Waals surface area contributed by atoms with Gasteiger partial charge in [0.25, 0.3) is 0 Å². The third kappa shape index (κ3) is 8.60. The van der Waals surface area contributed by atoms with Gasteiger partial charge >= 0.3 is 11.9 Å². The molecule has 198 valence electrons. The van der Waals surface area contributed by atoms with Crippen LogP contribution in [0.15, 0.2) is 24.3 Å². The monoisotopic (exact) mass is 514 g/mol. The van der Waals surface area contributed by atoms with Crippen LogP contribution in [0.3, 0.4) is 0 Å². The van der Waals surface area contributed by atoms with Gasteiger partial charge in [-0.05, 0) is 24.6 Å². The number of esters is 2. The average Bonchev–Trinajstić information content (AvgIpc) is 2.89. The minimum Gasteiger partial charge on any atom is -0.462 e. The summed E-state index contributed by atoms with van der Waals surface area (Å²) in [5.74, 6) is -12.5. The average molecular weight is 515 g/mol. The van der Waals surface area contributed by atoms with Gasteiger partial charge in [0.2, 0.25) is 5.82 Å². The van der Waals surface area contributed by atoms with Crippen LogP contribution in [-0.2, 0) is 16.1 Å². The van der Waals surface area contributed by atoms with Gasteiger partial charge in [-0.3, -0.25) is 0 Å². The van der Waals surface area contributed by atoms with Crippen molar-refractivity contribution in [2.45, 2.75) is 77.7 Å². The van der Waals surface area contributed by atoms with E-state index in [1.165, 1.54) is 62.8 Å². The molecule has 0 bridgehead atoms. The van der Waals surface area contributed by atoms with E-state index in [1.807, 2.05) is 0 Å². The van der Waals surface area contributed by atoms with Crippen LogP contribution in [0.4, 0.5) is 22.0 Å². The maximum Gasteiger partial charge on any atom is 0.338 e. The Morgan fingerprint density at radius 3 is 1.61 bits per heavy atom. The van der Waals surface area contributed by atoms with Crippen LogP contribution in [0, 0.1) is 29.1 Å². The van der Waals surface area contributed by atoms with E-state index >= 15 is 0 Å². The van der Waals surface area contributed by atoms with Crippen molar-refractivity contribution >= 4 is 11.9 Å². The van der Waals surface area contributed by atoms with Gasteiger partial charge in [-0.2, -0.15) is 0 Å². The molecule has 36 heavy (non-hydrogen) atoms. The van der Waals surface area contributed by atoms with Gasteiger partial charge in [0.1, 0.15) is 6.61 Å². The number of benzene rings is 2. The fourth-order valence-electron chi connectivity index (χ4n) is 3.61. The number of rotatable bonds is 15. The first-order valence-corrected chi connectivity index (χ1v) is 12.2. The van der Waals surface area contributed by atoms with Gasteiger partial charge < -0.3 is 9.47 Å². The molecule has 0 aliphatic heterocycles. The molecule has 0 aromatic heterocycles. The van der Waals surface area contributed by atoms with E-state index in [0.29, 0.717) is 6.42 Å². The van der Waals surface area contributed by atoms with Gasteiger partial charge in [-0.25, -0.2) is 31.5 Å². The van der Waals surface area contributed by atoms with Gasteiger partial charge in [0.05, 0.1) is 23.3 Å². The number of ether oxygens (including phenoxy) is 2. The molecule has 0 heterocycles. The maximum absolute atomic E-state index is 13.7. The first-order chi connectivity index (χ1) is 17.3. The van der Waals surface area contributed by atoms with Crippen molar-refractivity contribution in [2.24, 2.45) is 0 Å². The molecule has 0 spiro atoms. The molecule has 0 unspecified atom stereocenters. The number of hydrogen-bond acceptors (Lipinski definition) is 4. The normalized spacial score (nSPS) is 10.9. The molecule has 0 radical (unpaired) electrons. The van der Waals surface area contributed by atoms with Crippen molar-refractivity contribution in [3.05, 3.63) is 70.0 Å². The van der Waals surface area contributed by atoms with Crippen LogP contribution in [-0.4, -0.2) is 18.5 Å². The molecule has 0 aliphatic carbocycles. The van der Waals surface area contributed by atoms with E-state index in [1.54, 1.807) is 0 Å². The zero-order valence-electron chi connectivity index (χ0n) is 20.3. The Hall–Kier alpha value is -2.97. The number of hydrogen-bond donors (Lipinski definition) is 0. The van der Waals surface area contributed by atoms with Crippen LogP contribution >= 0.6 is 0 Å². The Morgan fingerprint density at radius 1 is 0.639 bits per heavy atom. The molecule has 2 aromatic rings. The zero-order valence-corrected chi connectivity index (χ0v) is 20.3. The van der Waals surface area contributed by atoms with Crippen molar-refractivity contribution in [1.82, 2.24) is 0 Å². The molecule has 0 fully saturated rings. The van der Waals surface area contributed by atoms with Crippen LogP contribution in [0.2, 0.25) is 0 Å². The Labute approximate surface area is 207 Å². The lowest BCUT2D eigenvalue weighted by Gasteiger charge is -2.10. The lowest BCUT2D eigenvalue weighted by molar-refractivity contribution is 0.0462. The second-order valence-corrected chi connectivity index (χ2v) is 8.52. The minimum absolute atomic E-state index is 0.0627. The van der Waals surface area contributed by atoms with Crippen molar-refractivity contribution in [3.8, 4) is 0 Å². The summed E-state index contributed by atoms with van der Waals surface area (Å²) in [5.41, 5.74) is -1.35. The molecule has 0 saturated carbocycles. The Morgan fingerprint density at radius 2 is 1.08 bits per heavy atom. The number of unbranched alkanes of at least 4 members (excludes halogenated alkanes) is 9. The second-order valence-electron chi connectivity index (χ2n) is 8.52. The summed E-state index contributed by atoms with van der Waals surface area (Å²) in [6, 6.07) is 5.25. The first-order valence-electron chi connectivity index (χ1n) is 12.2. The van der Waals surface area contributed by atoms with E-state index < -0.39 is 53.2 Å². The van der Waals surface area contributed by atoms with Gasteiger partial charge in [0, 0.05) is 0 Å². The van der Waals surface area contributed by atoms with Gasteiger partial charge in [-0.1, -0.05) is 70.8 Å². The molecule has 0 aliphatic rings. The van der Waals surface area contributed by atoms with Crippen molar-refractivity contribution in [3.63, 3.8) is 0 Å². The summed E-state index contributed by atoms with van der Waals surface area (Å²) >= 11 is 0. The van der Waals surface area contributed by atoms with Crippen LogP contribution < -0.4 is 0 Å². The Kier molecular flexibility index (Phi) is 12.4. The summed E-state index contributed by atoms with van der Waals surface area (Å²) in [6.07, 6.45) is 11.4. The summed E-state index contributed by atoms with van der Waals surface area (Å²) < 4.78 is 77.1. The van der Waals surface area contributed by atoms with Crippen molar-refractivity contribution in [1.29, 1.82) is 0 Å². The van der Waals surface area contributed by atoms with Crippen LogP contribution in [0.1, 0.15) is 97.4 Å². The molecule has 2 aromatic carbocycles. The quantitative estimate of drug-likeness (QED) is 0.0800. The molecule has 0 atom stereocenters. The van der Waals surface area contributed by atoms with E-state index in [4.69, 9.17) is 9.47 Å². The fraction of sp³-hybridized carbons (Fsp3) is 0.481. The Balaban J connectivity index is 1.78. The molecule has 0 saturated heterocycles. The smallest absolute Gasteiger partial charge is 0.338 e. The number of halogens is 5. The summed E-state index contributed by atoms with van der Waals surface area (Å²) in [6.45, 7) is 1.23. The summed E-state index contributed by atoms with van der Waals surface area (Å²) in [4.78, 5) is 24.5. The fourth-order valence-corrected chi connectivity index (χ4v) is 3.61. The lowest BCUT2D eigenvalue weighted by Crippen LogP contribution is -2.13. The van der Waals surface area contributed by atoms with E-state index in [9.17, 15) is 31.5 Å². The van der Waals surface area contributed by atoms with Crippen LogP contribution in [0.25, 0.3) is 0 Å². The largest absolute Gasteiger partial charge is 0.462 e. The predicted molar refractivity (Wildman–Crippen MR) is 124 cm³/mol. The molecular formula is C27H31F5O4. The topological polar surface area (TPSA) is 52.6 Å². The number of carbonyl (C=O) groups excluding carboxylic acids is 2. The predicted octanol–water partition coefficient (Wildman–Crippen LogP) is 7.82. The van der Waals surface area contributed by atoms with Gasteiger partial charge in [0.15, 0.2) is 23.3 Å². The highest BCUT2D eigenvalue weighted by Crippen LogP contribution is 2.24. The lowest BCUT2D eigenvalue weighted by atomic mass is 10.1. The van der Waals surface area contributed by atoms with Crippen molar-refractivity contribution < 1.29 is 41.0 Å². The minimum atomic E-state index is -2.30. The molecule has 4 nitrogen and oxygen atoms in total. The highest BCUT2D eigenvalue weighted by Gasteiger charge is 2.26. The Bertz CT molecular complexity index is 996. The molecule has 9 heteroatoms. The van der Waals surface area contributed by atoms with E-state index in [2.05, 4.69) is 6.92 Å². The van der Waals surface area contributed by atoms with E-state index in [0.717, 1.165) is 19.3 Å². The molecule has 0 amide bonds. The second kappa shape index (κ2) is 15.2. The summed E-state index contributed by atoms with van der Waals surface area (Å²) in [7, 11) is 0. The highest BCUT2D eigenvalue weighted by atomic mass is 19.2. The zero-order chi connectivity index (χ0) is 26.5. The first kappa shape index (κ1) is 29.3. The molecular weight excluding hydrogens is 483 g/mol.